The van der Waals surface area contributed by atoms with Gasteiger partial charge in [0.05, 0.1) is 12.2 Å². The van der Waals surface area contributed by atoms with Crippen LogP contribution in [0.1, 0.15) is 34.7 Å². The number of hydrogen-bond acceptors (Lipinski definition) is 7. The van der Waals surface area contributed by atoms with E-state index in [1.807, 2.05) is 0 Å². The van der Waals surface area contributed by atoms with Crippen molar-refractivity contribution in [1.82, 2.24) is 14.9 Å². The number of likely N-dealkylation sites (N-methyl/N-ethyl adjacent to an activating group) is 1. The van der Waals surface area contributed by atoms with E-state index in [4.69, 9.17) is 4.74 Å². The number of benzene rings is 1. The molecule has 0 saturated carbocycles. The predicted molar refractivity (Wildman–Crippen MR) is 107 cm³/mol. The third-order valence-corrected chi connectivity index (χ3v) is 4.68. The van der Waals surface area contributed by atoms with Crippen molar-refractivity contribution in [3.8, 4) is 0 Å². The molecule has 1 saturated heterocycles. The van der Waals surface area contributed by atoms with Gasteiger partial charge in [-0.1, -0.05) is 6.92 Å². The molecule has 8 heteroatoms. The Bertz CT molecular complexity index is 817. The number of nitrogens with one attached hydrogen (secondary N) is 1. The molecule has 1 aliphatic rings. The Kier molecular flexibility index (Phi) is 6.54. The van der Waals surface area contributed by atoms with Crippen molar-refractivity contribution < 1.29 is 14.3 Å². The van der Waals surface area contributed by atoms with E-state index in [2.05, 4.69) is 32.0 Å². The molecule has 0 bridgehead atoms. The lowest BCUT2D eigenvalue weighted by atomic mass is 10.2. The van der Waals surface area contributed by atoms with Gasteiger partial charge in [-0.3, -0.25) is 4.79 Å². The SMILES string of the molecule is CCOC(=O)c1ccc(NC(=O)c2cc(N3CCN(CC)CC3)ncn2)cc1. The summed E-state index contributed by atoms with van der Waals surface area (Å²) in [5.41, 5.74) is 1.32. The molecule has 0 spiro atoms. The Balaban J connectivity index is 1.64. The monoisotopic (exact) mass is 383 g/mol. The van der Waals surface area contributed by atoms with Crippen LogP contribution < -0.4 is 10.2 Å². The van der Waals surface area contributed by atoms with E-state index >= 15 is 0 Å². The standard InChI is InChI=1S/C20H25N5O3/c1-3-24-9-11-25(12-10-24)18-13-17(21-14-22-18)19(26)23-16-7-5-15(6-8-16)20(27)28-4-2/h5-8,13-14H,3-4,9-12H2,1-2H3,(H,23,26). The molecular formula is C20H25N5O3. The van der Waals surface area contributed by atoms with Crippen molar-refractivity contribution in [2.75, 3.05) is 49.5 Å². The molecule has 8 nitrogen and oxygen atoms in total. The fourth-order valence-electron chi connectivity index (χ4n) is 3.04. The zero-order valence-corrected chi connectivity index (χ0v) is 16.2. The lowest BCUT2D eigenvalue weighted by molar-refractivity contribution is 0.0526. The summed E-state index contributed by atoms with van der Waals surface area (Å²) in [6.45, 7) is 8.99. The van der Waals surface area contributed by atoms with Crippen LogP contribution in [0.15, 0.2) is 36.7 Å². The number of aromatic nitrogens is 2. The third-order valence-electron chi connectivity index (χ3n) is 4.68. The highest BCUT2D eigenvalue weighted by atomic mass is 16.5. The molecule has 2 heterocycles. The Morgan fingerprint density at radius 3 is 2.43 bits per heavy atom. The summed E-state index contributed by atoms with van der Waals surface area (Å²) in [5, 5.41) is 2.79. The zero-order chi connectivity index (χ0) is 19.9. The molecule has 1 aliphatic heterocycles. The third kappa shape index (κ3) is 4.83. The van der Waals surface area contributed by atoms with Crippen LogP contribution in [0.2, 0.25) is 0 Å². The summed E-state index contributed by atoms with van der Waals surface area (Å²) in [6, 6.07) is 8.27. The highest BCUT2D eigenvalue weighted by molar-refractivity contribution is 6.03. The number of hydrogen-bond donors (Lipinski definition) is 1. The van der Waals surface area contributed by atoms with Crippen molar-refractivity contribution >= 4 is 23.4 Å². The zero-order valence-electron chi connectivity index (χ0n) is 16.2. The maximum Gasteiger partial charge on any atom is 0.338 e. The van der Waals surface area contributed by atoms with E-state index in [1.165, 1.54) is 6.33 Å². The summed E-state index contributed by atoms with van der Waals surface area (Å²) in [7, 11) is 0. The number of carbonyl (C=O) groups is 2. The average Bonchev–Trinajstić information content (AvgIpc) is 2.74. The van der Waals surface area contributed by atoms with Crippen LogP contribution in [0.3, 0.4) is 0 Å². The first-order valence-corrected chi connectivity index (χ1v) is 9.48. The van der Waals surface area contributed by atoms with Crippen LogP contribution in [-0.2, 0) is 4.74 Å². The molecule has 1 aromatic carbocycles. The van der Waals surface area contributed by atoms with E-state index in [9.17, 15) is 9.59 Å². The second kappa shape index (κ2) is 9.27. The molecule has 0 atom stereocenters. The van der Waals surface area contributed by atoms with Gasteiger partial charge in [0.15, 0.2) is 0 Å². The van der Waals surface area contributed by atoms with Crippen molar-refractivity contribution in [3.63, 3.8) is 0 Å². The van der Waals surface area contributed by atoms with Gasteiger partial charge in [-0.2, -0.15) is 0 Å². The Labute approximate surface area is 164 Å². The largest absolute Gasteiger partial charge is 0.462 e. The molecule has 3 rings (SSSR count). The van der Waals surface area contributed by atoms with Crippen molar-refractivity contribution in [2.45, 2.75) is 13.8 Å². The van der Waals surface area contributed by atoms with E-state index in [1.54, 1.807) is 37.3 Å². The van der Waals surface area contributed by atoms with Crippen LogP contribution in [-0.4, -0.2) is 66.1 Å². The molecule has 0 aliphatic carbocycles. The number of carbonyl (C=O) groups excluding carboxylic acids is 2. The summed E-state index contributed by atoms with van der Waals surface area (Å²) in [6.07, 6.45) is 1.42. The van der Waals surface area contributed by atoms with E-state index in [-0.39, 0.29) is 11.9 Å². The van der Waals surface area contributed by atoms with Gasteiger partial charge in [0, 0.05) is 37.9 Å². The molecule has 148 valence electrons. The number of nitrogens with zero attached hydrogens (tertiary/aromatic N) is 4. The van der Waals surface area contributed by atoms with Gasteiger partial charge in [-0.25, -0.2) is 14.8 Å². The predicted octanol–water partition coefficient (Wildman–Crippen LogP) is 2.05. The molecule has 1 amide bonds. The first-order chi connectivity index (χ1) is 13.6. The van der Waals surface area contributed by atoms with Gasteiger partial charge in [-0.05, 0) is 37.7 Å². The van der Waals surface area contributed by atoms with Gasteiger partial charge in [0.1, 0.15) is 17.8 Å². The molecular weight excluding hydrogens is 358 g/mol. The molecule has 0 radical (unpaired) electrons. The average molecular weight is 383 g/mol. The molecule has 2 aromatic rings. The molecule has 28 heavy (non-hydrogen) atoms. The minimum atomic E-state index is -0.385. The number of ether oxygens (including phenoxy) is 1. The maximum absolute atomic E-state index is 12.5. The van der Waals surface area contributed by atoms with Gasteiger partial charge < -0.3 is 19.9 Å². The van der Waals surface area contributed by atoms with Gasteiger partial charge in [-0.15, -0.1) is 0 Å². The molecule has 0 unspecified atom stereocenters. The Hall–Kier alpha value is -3.00. The van der Waals surface area contributed by atoms with Gasteiger partial charge in [0.25, 0.3) is 5.91 Å². The highest BCUT2D eigenvalue weighted by Crippen LogP contribution is 2.16. The van der Waals surface area contributed by atoms with Crippen molar-refractivity contribution in [2.24, 2.45) is 0 Å². The van der Waals surface area contributed by atoms with E-state index in [0.717, 1.165) is 38.5 Å². The van der Waals surface area contributed by atoms with Crippen molar-refractivity contribution in [3.05, 3.63) is 47.9 Å². The summed E-state index contributed by atoms with van der Waals surface area (Å²) < 4.78 is 4.95. The number of rotatable bonds is 6. The number of piperazine rings is 1. The fourth-order valence-corrected chi connectivity index (χ4v) is 3.04. The summed E-state index contributed by atoms with van der Waals surface area (Å²) >= 11 is 0. The number of amides is 1. The highest BCUT2D eigenvalue weighted by Gasteiger charge is 2.18. The van der Waals surface area contributed by atoms with Crippen LogP contribution in [0.5, 0.6) is 0 Å². The fraction of sp³-hybridized carbons (Fsp3) is 0.400. The lowest BCUT2D eigenvalue weighted by Gasteiger charge is -2.34. The maximum atomic E-state index is 12.5. The van der Waals surface area contributed by atoms with Crippen LogP contribution >= 0.6 is 0 Å². The van der Waals surface area contributed by atoms with Crippen LogP contribution in [0.4, 0.5) is 11.5 Å². The Morgan fingerprint density at radius 2 is 1.79 bits per heavy atom. The number of anilines is 2. The summed E-state index contributed by atoms with van der Waals surface area (Å²) in [4.78, 5) is 37.2. The van der Waals surface area contributed by atoms with E-state index in [0.29, 0.717) is 23.6 Å². The summed E-state index contributed by atoms with van der Waals surface area (Å²) in [5.74, 6) is 0.0530. The second-order valence-electron chi connectivity index (χ2n) is 6.43. The first kappa shape index (κ1) is 19.8. The Morgan fingerprint density at radius 1 is 1.07 bits per heavy atom. The normalized spacial score (nSPS) is 14.6. The minimum Gasteiger partial charge on any atom is -0.462 e. The van der Waals surface area contributed by atoms with Gasteiger partial charge in [0.2, 0.25) is 0 Å². The number of esters is 1. The smallest absolute Gasteiger partial charge is 0.338 e. The topological polar surface area (TPSA) is 87.7 Å². The molecule has 1 N–H and O–H groups in total. The second-order valence-corrected chi connectivity index (χ2v) is 6.43. The quantitative estimate of drug-likeness (QED) is 0.764. The molecule has 1 fully saturated rings. The lowest BCUT2D eigenvalue weighted by Crippen LogP contribution is -2.46. The van der Waals surface area contributed by atoms with E-state index < -0.39 is 0 Å². The minimum absolute atomic E-state index is 0.303. The van der Waals surface area contributed by atoms with Crippen LogP contribution in [0, 0.1) is 0 Å². The van der Waals surface area contributed by atoms with Crippen molar-refractivity contribution in [1.29, 1.82) is 0 Å². The van der Waals surface area contributed by atoms with Crippen LogP contribution in [0.25, 0.3) is 0 Å². The van der Waals surface area contributed by atoms with Gasteiger partial charge >= 0.3 is 5.97 Å². The molecule has 1 aromatic heterocycles. The first-order valence-electron chi connectivity index (χ1n) is 9.48.